The third-order valence-electron chi connectivity index (χ3n) is 3.52. The van der Waals surface area contributed by atoms with Gasteiger partial charge in [0.1, 0.15) is 12.4 Å². The highest BCUT2D eigenvalue weighted by Crippen LogP contribution is 2.33. The van der Waals surface area contributed by atoms with Crippen LogP contribution in [0.3, 0.4) is 0 Å². The van der Waals surface area contributed by atoms with Gasteiger partial charge in [-0.1, -0.05) is 48.5 Å². The SMILES string of the molecule is Nc1ccccc1-c1ccc(OCc2ccccc2)cc1N. The highest BCUT2D eigenvalue weighted by molar-refractivity contribution is 5.84. The molecule has 3 nitrogen and oxygen atoms in total. The van der Waals surface area contributed by atoms with Gasteiger partial charge in [0.05, 0.1) is 0 Å². The van der Waals surface area contributed by atoms with Crippen LogP contribution in [-0.2, 0) is 6.61 Å². The van der Waals surface area contributed by atoms with E-state index in [0.29, 0.717) is 18.0 Å². The number of nitrogen functional groups attached to an aromatic ring is 2. The molecular formula is C19H18N2O. The van der Waals surface area contributed by atoms with E-state index < -0.39 is 0 Å². The van der Waals surface area contributed by atoms with Crippen molar-refractivity contribution in [3.05, 3.63) is 78.4 Å². The van der Waals surface area contributed by atoms with Crippen LogP contribution in [-0.4, -0.2) is 0 Å². The Morgan fingerprint density at radius 2 is 1.36 bits per heavy atom. The van der Waals surface area contributed by atoms with E-state index in [-0.39, 0.29) is 0 Å². The van der Waals surface area contributed by atoms with E-state index in [2.05, 4.69) is 0 Å². The molecule has 0 radical (unpaired) electrons. The van der Waals surface area contributed by atoms with Crippen molar-refractivity contribution in [1.29, 1.82) is 0 Å². The van der Waals surface area contributed by atoms with Crippen molar-refractivity contribution < 1.29 is 4.74 Å². The zero-order valence-electron chi connectivity index (χ0n) is 12.2. The van der Waals surface area contributed by atoms with Crippen molar-refractivity contribution in [1.82, 2.24) is 0 Å². The molecule has 3 aromatic carbocycles. The van der Waals surface area contributed by atoms with Crippen molar-refractivity contribution in [2.24, 2.45) is 0 Å². The Bertz CT molecular complexity index is 769. The molecule has 0 saturated heterocycles. The Hall–Kier alpha value is -2.94. The Morgan fingerprint density at radius 1 is 0.682 bits per heavy atom. The molecule has 0 bridgehead atoms. The third kappa shape index (κ3) is 3.04. The van der Waals surface area contributed by atoms with E-state index in [1.165, 1.54) is 0 Å². The number of nitrogens with two attached hydrogens (primary N) is 2. The Balaban J connectivity index is 1.79. The van der Waals surface area contributed by atoms with E-state index in [1.807, 2.05) is 72.8 Å². The van der Waals surface area contributed by atoms with Gasteiger partial charge in [0, 0.05) is 28.6 Å². The molecule has 0 spiro atoms. The maximum Gasteiger partial charge on any atom is 0.121 e. The van der Waals surface area contributed by atoms with Gasteiger partial charge in [-0.3, -0.25) is 0 Å². The minimum Gasteiger partial charge on any atom is -0.489 e. The summed E-state index contributed by atoms with van der Waals surface area (Å²) in [7, 11) is 0. The molecule has 0 aliphatic carbocycles. The van der Waals surface area contributed by atoms with E-state index in [4.69, 9.17) is 16.2 Å². The summed E-state index contributed by atoms with van der Waals surface area (Å²) in [4.78, 5) is 0. The number of hydrogen-bond acceptors (Lipinski definition) is 3. The largest absolute Gasteiger partial charge is 0.489 e. The molecule has 3 heteroatoms. The first-order valence-corrected chi connectivity index (χ1v) is 7.15. The maximum atomic E-state index is 6.16. The van der Waals surface area contributed by atoms with Gasteiger partial charge in [-0.25, -0.2) is 0 Å². The third-order valence-corrected chi connectivity index (χ3v) is 3.52. The Morgan fingerprint density at radius 3 is 2.09 bits per heavy atom. The zero-order valence-corrected chi connectivity index (χ0v) is 12.2. The Kier molecular flexibility index (Phi) is 3.97. The van der Waals surface area contributed by atoms with E-state index in [0.717, 1.165) is 22.4 Å². The van der Waals surface area contributed by atoms with Gasteiger partial charge < -0.3 is 16.2 Å². The van der Waals surface area contributed by atoms with Crippen LogP contribution in [0.2, 0.25) is 0 Å². The fraction of sp³-hybridized carbons (Fsp3) is 0.0526. The minimum atomic E-state index is 0.521. The van der Waals surface area contributed by atoms with Crippen LogP contribution in [0.15, 0.2) is 72.8 Å². The van der Waals surface area contributed by atoms with Crippen LogP contribution in [0.25, 0.3) is 11.1 Å². The Labute approximate surface area is 130 Å². The molecular weight excluding hydrogens is 272 g/mol. The van der Waals surface area contributed by atoms with E-state index >= 15 is 0 Å². The molecule has 0 amide bonds. The van der Waals surface area contributed by atoms with Crippen LogP contribution in [0, 0.1) is 0 Å². The minimum absolute atomic E-state index is 0.521. The molecule has 0 heterocycles. The van der Waals surface area contributed by atoms with Crippen molar-refractivity contribution in [2.45, 2.75) is 6.61 Å². The molecule has 0 unspecified atom stereocenters. The normalized spacial score (nSPS) is 10.4. The first-order valence-electron chi connectivity index (χ1n) is 7.15. The molecule has 3 aromatic rings. The molecule has 0 aromatic heterocycles. The first kappa shape index (κ1) is 14.0. The maximum absolute atomic E-state index is 6.16. The highest BCUT2D eigenvalue weighted by Gasteiger charge is 2.07. The van der Waals surface area contributed by atoms with Gasteiger partial charge in [-0.15, -0.1) is 0 Å². The van der Waals surface area contributed by atoms with Crippen molar-refractivity contribution >= 4 is 11.4 Å². The second kappa shape index (κ2) is 6.22. The molecule has 4 N–H and O–H groups in total. The molecule has 110 valence electrons. The predicted molar refractivity (Wildman–Crippen MR) is 91.5 cm³/mol. The molecule has 3 rings (SSSR count). The van der Waals surface area contributed by atoms with Crippen LogP contribution in [0.4, 0.5) is 11.4 Å². The van der Waals surface area contributed by atoms with Gasteiger partial charge in [-0.2, -0.15) is 0 Å². The lowest BCUT2D eigenvalue weighted by Gasteiger charge is -2.12. The number of hydrogen-bond donors (Lipinski definition) is 2. The molecule has 0 fully saturated rings. The van der Waals surface area contributed by atoms with Crippen LogP contribution in [0.1, 0.15) is 5.56 Å². The summed E-state index contributed by atoms with van der Waals surface area (Å²) >= 11 is 0. The number of ether oxygens (including phenoxy) is 1. The number of anilines is 2. The lowest BCUT2D eigenvalue weighted by molar-refractivity contribution is 0.306. The average Bonchev–Trinajstić information content (AvgIpc) is 2.55. The van der Waals surface area contributed by atoms with E-state index in [9.17, 15) is 0 Å². The predicted octanol–water partition coefficient (Wildman–Crippen LogP) is 4.10. The summed E-state index contributed by atoms with van der Waals surface area (Å²) in [6.07, 6.45) is 0. The van der Waals surface area contributed by atoms with Crippen molar-refractivity contribution in [3.63, 3.8) is 0 Å². The summed E-state index contributed by atoms with van der Waals surface area (Å²) in [6.45, 7) is 0.521. The summed E-state index contributed by atoms with van der Waals surface area (Å²) in [5.74, 6) is 0.750. The average molecular weight is 290 g/mol. The quantitative estimate of drug-likeness (QED) is 0.711. The topological polar surface area (TPSA) is 61.3 Å². The van der Waals surface area contributed by atoms with Crippen LogP contribution < -0.4 is 16.2 Å². The van der Waals surface area contributed by atoms with Crippen LogP contribution in [0.5, 0.6) is 5.75 Å². The zero-order chi connectivity index (χ0) is 15.4. The second-order valence-electron chi connectivity index (χ2n) is 5.11. The van der Waals surface area contributed by atoms with Crippen molar-refractivity contribution in [3.8, 4) is 16.9 Å². The molecule has 0 atom stereocenters. The summed E-state index contributed by atoms with van der Waals surface area (Å²) in [6, 6.07) is 23.4. The second-order valence-corrected chi connectivity index (χ2v) is 5.11. The summed E-state index contributed by atoms with van der Waals surface area (Å²) in [5, 5.41) is 0. The summed E-state index contributed by atoms with van der Waals surface area (Å²) in [5.41, 5.74) is 16.5. The van der Waals surface area contributed by atoms with E-state index in [1.54, 1.807) is 0 Å². The van der Waals surface area contributed by atoms with Crippen LogP contribution >= 0.6 is 0 Å². The fourth-order valence-corrected chi connectivity index (χ4v) is 2.36. The monoisotopic (exact) mass is 290 g/mol. The fourth-order valence-electron chi connectivity index (χ4n) is 2.36. The highest BCUT2D eigenvalue weighted by atomic mass is 16.5. The van der Waals surface area contributed by atoms with Gasteiger partial charge in [0.15, 0.2) is 0 Å². The van der Waals surface area contributed by atoms with Gasteiger partial charge >= 0.3 is 0 Å². The van der Waals surface area contributed by atoms with Gasteiger partial charge in [-0.05, 0) is 23.8 Å². The van der Waals surface area contributed by atoms with Gasteiger partial charge in [0.25, 0.3) is 0 Å². The summed E-state index contributed by atoms with van der Waals surface area (Å²) < 4.78 is 5.78. The number of rotatable bonds is 4. The lowest BCUT2D eigenvalue weighted by atomic mass is 10.0. The molecule has 0 saturated carbocycles. The number of benzene rings is 3. The molecule has 22 heavy (non-hydrogen) atoms. The van der Waals surface area contributed by atoms with Crippen molar-refractivity contribution in [2.75, 3.05) is 11.5 Å². The standard InChI is InChI=1S/C19H18N2O/c20-18-9-5-4-8-16(18)17-11-10-15(12-19(17)21)22-13-14-6-2-1-3-7-14/h1-12H,13,20-21H2. The first-order chi connectivity index (χ1) is 10.7. The molecule has 0 aliphatic heterocycles. The molecule has 0 aliphatic rings. The number of para-hydroxylation sites is 1. The smallest absolute Gasteiger partial charge is 0.121 e. The van der Waals surface area contributed by atoms with Gasteiger partial charge in [0.2, 0.25) is 0 Å². The lowest BCUT2D eigenvalue weighted by Crippen LogP contribution is -1.98.